The Morgan fingerprint density at radius 2 is 1.63 bits per heavy atom. The van der Waals surface area contributed by atoms with Gasteiger partial charge in [-0.3, -0.25) is 14.5 Å². The molecule has 0 fully saturated rings. The molecule has 212 valence electrons. The van der Waals surface area contributed by atoms with E-state index in [1.54, 1.807) is 36.1 Å². The number of carbonyl (C=O) groups excluding carboxylic acids is 2. The first-order valence-corrected chi connectivity index (χ1v) is 13.5. The SMILES string of the molecule is CC(=O)N1CCCN(Cc2ccccc2)CCN(C(=O)c2ccc(-c3nnc(C)o3)cc2)Cc2cc(F)c(F)cc21. The molecule has 2 amide bonds. The van der Waals surface area contributed by atoms with Crippen LogP contribution in [0.2, 0.25) is 0 Å². The van der Waals surface area contributed by atoms with Gasteiger partial charge in [0.25, 0.3) is 5.91 Å². The van der Waals surface area contributed by atoms with Gasteiger partial charge in [0.05, 0.1) is 5.69 Å². The molecule has 0 saturated carbocycles. The van der Waals surface area contributed by atoms with Gasteiger partial charge in [0.1, 0.15) is 0 Å². The number of aromatic nitrogens is 2. The number of benzene rings is 3. The summed E-state index contributed by atoms with van der Waals surface area (Å²) in [5.41, 5.74) is 2.85. The van der Waals surface area contributed by atoms with Crippen molar-refractivity contribution in [3.05, 3.63) is 101 Å². The summed E-state index contributed by atoms with van der Waals surface area (Å²) in [6, 6.07) is 19.0. The molecule has 0 saturated heterocycles. The number of carbonyl (C=O) groups is 2. The molecule has 5 rings (SSSR count). The lowest BCUT2D eigenvalue weighted by Crippen LogP contribution is -2.38. The Labute approximate surface area is 237 Å². The molecule has 0 N–H and O–H groups in total. The molecule has 3 aromatic carbocycles. The van der Waals surface area contributed by atoms with Crippen molar-refractivity contribution in [2.75, 3.05) is 31.1 Å². The summed E-state index contributed by atoms with van der Waals surface area (Å²) < 4.78 is 34.4. The van der Waals surface area contributed by atoms with Gasteiger partial charge in [-0.05, 0) is 47.9 Å². The number of halogens is 2. The molecule has 0 atom stereocenters. The summed E-state index contributed by atoms with van der Waals surface area (Å²) >= 11 is 0. The lowest BCUT2D eigenvalue weighted by Gasteiger charge is -2.28. The van der Waals surface area contributed by atoms with Crippen LogP contribution in [-0.4, -0.2) is 58.0 Å². The molecule has 41 heavy (non-hydrogen) atoms. The summed E-state index contributed by atoms with van der Waals surface area (Å²) in [5.74, 6) is -1.84. The number of aryl methyl sites for hydroxylation is 1. The van der Waals surface area contributed by atoms with Gasteiger partial charge in [0.15, 0.2) is 11.6 Å². The fourth-order valence-electron chi connectivity index (χ4n) is 5.04. The van der Waals surface area contributed by atoms with E-state index in [1.807, 2.05) is 30.3 Å². The van der Waals surface area contributed by atoms with Crippen molar-refractivity contribution in [3.63, 3.8) is 0 Å². The van der Waals surface area contributed by atoms with Crippen molar-refractivity contribution < 1.29 is 22.8 Å². The maximum absolute atomic E-state index is 14.5. The first-order valence-electron chi connectivity index (χ1n) is 13.5. The van der Waals surface area contributed by atoms with Gasteiger partial charge in [-0.25, -0.2) is 8.78 Å². The fraction of sp³-hybridized carbons (Fsp3) is 0.290. The first-order chi connectivity index (χ1) is 19.8. The quantitative estimate of drug-likeness (QED) is 0.341. The van der Waals surface area contributed by atoms with E-state index in [0.29, 0.717) is 67.6 Å². The molecule has 0 unspecified atom stereocenters. The van der Waals surface area contributed by atoms with Crippen LogP contribution in [-0.2, 0) is 17.9 Å². The minimum atomic E-state index is -1.04. The monoisotopic (exact) mass is 559 g/mol. The fourth-order valence-corrected chi connectivity index (χ4v) is 5.04. The molecule has 0 aliphatic carbocycles. The Bertz CT molecular complexity index is 1520. The molecule has 1 aliphatic rings. The van der Waals surface area contributed by atoms with Gasteiger partial charge in [-0.15, -0.1) is 10.2 Å². The van der Waals surface area contributed by atoms with E-state index in [4.69, 9.17) is 4.42 Å². The summed E-state index contributed by atoms with van der Waals surface area (Å²) in [4.78, 5) is 31.8. The van der Waals surface area contributed by atoms with Crippen LogP contribution in [0.5, 0.6) is 0 Å². The highest BCUT2D eigenvalue weighted by molar-refractivity contribution is 5.95. The van der Waals surface area contributed by atoms with E-state index in [9.17, 15) is 18.4 Å². The van der Waals surface area contributed by atoms with Crippen LogP contribution >= 0.6 is 0 Å². The zero-order chi connectivity index (χ0) is 28.9. The van der Waals surface area contributed by atoms with E-state index in [2.05, 4.69) is 15.1 Å². The van der Waals surface area contributed by atoms with E-state index in [1.165, 1.54) is 11.8 Å². The maximum atomic E-state index is 14.5. The Morgan fingerprint density at radius 1 is 0.902 bits per heavy atom. The van der Waals surface area contributed by atoms with E-state index in [0.717, 1.165) is 17.7 Å². The zero-order valence-electron chi connectivity index (χ0n) is 23.0. The lowest BCUT2D eigenvalue weighted by molar-refractivity contribution is -0.116. The predicted molar refractivity (Wildman–Crippen MR) is 150 cm³/mol. The summed E-state index contributed by atoms with van der Waals surface area (Å²) in [7, 11) is 0. The molecular formula is C31H31F2N5O3. The van der Waals surface area contributed by atoms with Crippen LogP contribution in [0, 0.1) is 18.6 Å². The Kier molecular flexibility index (Phi) is 8.49. The highest BCUT2D eigenvalue weighted by Crippen LogP contribution is 2.28. The predicted octanol–water partition coefficient (Wildman–Crippen LogP) is 5.22. The number of rotatable bonds is 4. The molecule has 2 heterocycles. The second kappa shape index (κ2) is 12.4. The van der Waals surface area contributed by atoms with Crippen LogP contribution in [0.1, 0.15) is 40.7 Å². The van der Waals surface area contributed by atoms with Crippen molar-refractivity contribution in [2.45, 2.75) is 33.4 Å². The molecule has 0 radical (unpaired) electrons. The minimum Gasteiger partial charge on any atom is -0.421 e. The standard InChI is InChI=1S/C31H31F2N5O3/c1-21-34-35-30(41-21)24-9-11-25(12-10-24)31(40)37-16-15-36(19-23-7-4-3-5-8-23)13-6-14-38(22(2)39)29-18-28(33)27(32)17-26(29)20-37/h3-5,7-12,17-18H,6,13-16,19-20H2,1-2H3. The molecular weight excluding hydrogens is 528 g/mol. The number of hydrogen-bond donors (Lipinski definition) is 0. The van der Waals surface area contributed by atoms with Crippen LogP contribution < -0.4 is 4.90 Å². The Hall–Kier alpha value is -4.44. The molecule has 1 aliphatic heterocycles. The molecule has 4 aromatic rings. The highest BCUT2D eigenvalue weighted by atomic mass is 19.2. The number of anilines is 1. The molecule has 0 spiro atoms. The van der Waals surface area contributed by atoms with Gasteiger partial charge >= 0.3 is 0 Å². The van der Waals surface area contributed by atoms with Crippen molar-refractivity contribution in [3.8, 4) is 11.5 Å². The minimum absolute atomic E-state index is 0.00106. The van der Waals surface area contributed by atoms with Gasteiger partial charge < -0.3 is 14.2 Å². The van der Waals surface area contributed by atoms with Gasteiger partial charge in [-0.1, -0.05) is 30.3 Å². The Morgan fingerprint density at radius 3 is 2.32 bits per heavy atom. The maximum Gasteiger partial charge on any atom is 0.254 e. The first kappa shape index (κ1) is 28.1. The van der Waals surface area contributed by atoms with Crippen LogP contribution in [0.3, 0.4) is 0 Å². The Balaban J connectivity index is 1.48. The zero-order valence-corrected chi connectivity index (χ0v) is 23.0. The van der Waals surface area contributed by atoms with Gasteiger partial charge in [0.2, 0.25) is 17.7 Å². The van der Waals surface area contributed by atoms with Gasteiger partial charge in [0, 0.05) is 70.3 Å². The van der Waals surface area contributed by atoms with Crippen molar-refractivity contribution >= 4 is 17.5 Å². The normalized spacial score (nSPS) is 14.8. The summed E-state index contributed by atoms with van der Waals surface area (Å²) in [6.45, 7) is 5.65. The number of nitrogens with zero attached hydrogens (tertiary/aromatic N) is 5. The smallest absolute Gasteiger partial charge is 0.254 e. The summed E-state index contributed by atoms with van der Waals surface area (Å²) in [5, 5.41) is 7.87. The molecule has 10 heteroatoms. The third-order valence-electron chi connectivity index (χ3n) is 7.14. The van der Waals surface area contributed by atoms with Crippen molar-refractivity contribution in [2.24, 2.45) is 0 Å². The van der Waals surface area contributed by atoms with Crippen LogP contribution in [0.15, 0.2) is 71.1 Å². The van der Waals surface area contributed by atoms with Gasteiger partial charge in [-0.2, -0.15) is 0 Å². The van der Waals surface area contributed by atoms with Crippen molar-refractivity contribution in [1.29, 1.82) is 0 Å². The van der Waals surface area contributed by atoms with Crippen molar-refractivity contribution in [1.82, 2.24) is 20.0 Å². The number of hydrogen-bond acceptors (Lipinski definition) is 6. The molecule has 1 aromatic heterocycles. The van der Waals surface area contributed by atoms with Crippen LogP contribution in [0.4, 0.5) is 14.5 Å². The topological polar surface area (TPSA) is 82.8 Å². The second-order valence-corrected chi connectivity index (χ2v) is 10.1. The van der Waals surface area contributed by atoms with E-state index < -0.39 is 11.6 Å². The number of fused-ring (bicyclic) bond motifs is 1. The summed E-state index contributed by atoms with van der Waals surface area (Å²) in [6.07, 6.45) is 0.620. The highest BCUT2D eigenvalue weighted by Gasteiger charge is 2.25. The largest absolute Gasteiger partial charge is 0.421 e. The number of amides is 2. The van der Waals surface area contributed by atoms with E-state index >= 15 is 0 Å². The second-order valence-electron chi connectivity index (χ2n) is 10.1. The third kappa shape index (κ3) is 6.66. The average molecular weight is 560 g/mol. The average Bonchev–Trinajstić information content (AvgIpc) is 3.40. The van der Waals surface area contributed by atoms with E-state index in [-0.39, 0.29) is 24.0 Å². The lowest BCUT2D eigenvalue weighted by atomic mass is 10.1. The molecule has 8 nitrogen and oxygen atoms in total. The van der Waals surface area contributed by atoms with Crippen LogP contribution in [0.25, 0.3) is 11.5 Å². The third-order valence-corrected chi connectivity index (χ3v) is 7.14. The molecule has 0 bridgehead atoms.